The molecule has 2 unspecified atom stereocenters. The van der Waals surface area contributed by atoms with E-state index in [9.17, 15) is 0 Å². The van der Waals surface area contributed by atoms with Crippen molar-refractivity contribution in [2.24, 2.45) is 0 Å². The van der Waals surface area contributed by atoms with Crippen LogP contribution >= 0.6 is 23.4 Å². The molecule has 1 aromatic carbocycles. The van der Waals surface area contributed by atoms with Gasteiger partial charge >= 0.3 is 0 Å². The molecule has 0 amide bonds. The van der Waals surface area contributed by atoms with Gasteiger partial charge in [-0.15, -0.1) is 0 Å². The summed E-state index contributed by atoms with van der Waals surface area (Å²) < 4.78 is 0. The first-order chi connectivity index (χ1) is 7.26. The van der Waals surface area contributed by atoms with Crippen LogP contribution in [0.1, 0.15) is 13.8 Å². The molecule has 0 aliphatic carbocycles. The lowest BCUT2D eigenvalue weighted by molar-refractivity contribution is -0.833. The van der Waals surface area contributed by atoms with Crippen molar-refractivity contribution in [3.63, 3.8) is 0 Å². The molecule has 2 atom stereocenters. The summed E-state index contributed by atoms with van der Waals surface area (Å²) in [6, 6.07) is 6.19. The Morgan fingerprint density at radius 3 is 3.00 bits per heavy atom. The molecule has 1 heterocycles. The second kappa shape index (κ2) is 4.60. The molecule has 0 radical (unpaired) electrons. The molecule has 1 aliphatic heterocycles. The molecule has 3 heteroatoms. The SMILES string of the molecule is C/C=C/C1Sc2ccc(Cl)cc2[NH+]1CC. The van der Waals surface area contributed by atoms with Crippen LogP contribution in [0, 0.1) is 0 Å². The summed E-state index contributed by atoms with van der Waals surface area (Å²) in [7, 11) is 0. The molecule has 0 spiro atoms. The van der Waals surface area contributed by atoms with Gasteiger partial charge in [-0.1, -0.05) is 29.4 Å². The van der Waals surface area contributed by atoms with Crippen LogP contribution in [0.4, 0.5) is 5.69 Å². The summed E-state index contributed by atoms with van der Waals surface area (Å²) in [6.45, 7) is 5.38. The molecule has 1 N–H and O–H groups in total. The maximum atomic E-state index is 6.03. The van der Waals surface area contributed by atoms with Crippen LogP contribution in [0.2, 0.25) is 5.02 Å². The lowest BCUT2D eigenvalue weighted by atomic mass is 10.3. The average molecular weight is 241 g/mol. The van der Waals surface area contributed by atoms with Crippen molar-refractivity contribution in [3.8, 4) is 0 Å². The molecule has 1 aromatic rings. The van der Waals surface area contributed by atoms with Crippen molar-refractivity contribution >= 4 is 29.1 Å². The monoisotopic (exact) mass is 240 g/mol. The van der Waals surface area contributed by atoms with Gasteiger partial charge in [0.1, 0.15) is 5.69 Å². The fourth-order valence-electron chi connectivity index (χ4n) is 1.94. The molecule has 2 rings (SSSR count). The fourth-order valence-corrected chi connectivity index (χ4v) is 3.52. The van der Waals surface area contributed by atoms with Gasteiger partial charge in [0.25, 0.3) is 0 Å². The van der Waals surface area contributed by atoms with Gasteiger partial charge in [0.15, 0.2) is 5.37 Å². The molecule has 1 nitrogen and oxygen atoms in total. The highest BCUT2D eigenvalue weighted by Crippen LogP contribution is 2.35. The fraction of sp³-hybridized carbons (Fsp3) is 0.333. The zero-order valence-electron chi connectivity index (χ0n) is 8.96. The molecular formula is C12H15ClNS+. The van der Waals surface area contributed by atoms with Crippen LogP contribution in [0.25, 0.3) is 0 Å². The van der Waals surface area contributed by atoms with Gasteiger partial charge in [0.05, 0.1) is 11.4 Å². The normalized spacial score (nSPS) is 24.7. The standard InChI is InChI=1S/C12H14ClNS/c1-3-5-12-14(4-2)10-8-9(13)6-7-11(10)15-12/h3,5-8,12H,4H2,1-2H3/p+1/b5-3+. The average Bonchev–Trinajstić information content (AvgIpc) is 2.55. The van der Waals surface area contributed by atoms with E-state index in [1.165, 1.54) is 15.5 Å². The molecule has 0 bridgehead atoms. The minimum atomic E-state index is 0.508. The highest BCUT2D eigenvalue weighted by molar-refractivity contribution is 8.00. The van der Waals surface area contributed by atoms with E-state index < -0.39 is 0 Å². The topological polar surface area (TPSA) is 4.44 Å². The summed E-state index contributed by atoms with van der Waals surface area (Å²) in [5.74, 6) is 0. The Bertz CT molecular complexity index is 389. The van der Waals surface area contributed by atoms with Crippen molar-refractivity contribution in [2.45, 2.75) is 24.1 Å². The van der Waals surface area contributed by atoms with Crippen LogP contribution < -0.4 is 4.90 Å². The second-order valence-corrected chi connectivity index (χ2v) is 5.20. The predicted molar refractivity (Wildman–Crippen MR) is 67.1 cm³/mol. The summed E-state index contributed by atoms with van der Waals surface area (Å²) in [4.78, 5) is 2.86. The molecule has 1 aliphatic rings. The van der Waals surface area contributed by atoms with Gasteiger partial charge in [0.2, 0.25) is 0 Å². The van der Waals surface area contributed by atoms with Gasteiger partial charge < -0.3 is 0 Å². The Labute approximate surface area is 100 Å². The Hall–Kier alpha value is -0.440. The van der Waals surface area contributed by atoms with E-state index in [1.54, 1.807) is 0 Å². The quantitative estimate of drug-likeness (QED) is 0.779. The number of halogens is 1. The molecule has 0 aromatic heterocycles. The summed E-state index contributed by atoms with van der Waals surface area (Å²) in [6.07, 6.45) is 4.39. The maximum absolute atomic E-state index is 6.03. The summed E-state index contributed by atoms with van der Waals surface area (Å²) >= 11 is 7.95. The van der Waals surface area contributed by atoms with Gasteiger partial charge in [-0.25, -0.2) is 0 Å². The highest BCUT2D eigenvalue weighted by Gasteiger charge is 2.32. The molecular weight excluding hydrogens is 226 g/mol. The van der Waals surface area contributed by atoms with Crippen LogP contribution in [0.3, 0.4) is 0 Å². The van der Waals surface area contributed by atoms with Crippen molar-refractivity contribution in [2.75, 3.05) is 6.54 Å². The molecule has 0 fully saturated rings. The van der Waals surface area contributed by atoms with E-state index in [2.05, 4.69) is 38.1 Å². The smallest absolute Gasteiger partial charge is 0.162 e. The van der Waals surface area contributed by atoms with E-state index in [0.717, 1.165) is 11.6 Å². The van der Waals surface area contributed by atoms with Crippen molar-refractivity contribution < 1.29 is 4.90 Å². The van der Waals surface area contributed by atoms with E-state index in [1.807, 2.05) is 17.8 Å². The minimum Gasteiger partial charge on any atom is -0.287 e. The molecule has 0 saturated heterocycles. The third kappa shape index (κ3) is 2.07. The van der Waals surface area contributed by atoms with E-state index in [-0.39, 0.29) is 0 Å². The Morgan fingerprint density at radius 2 is 2.33 bits per heavy atom. The second-order valence-electron chi connectivity index (χ2n) is 3.58. The minimum absolute atomic E-state index is 0.508. The molecule has 0 saturated carbocycles. The van der Waals surface area contributed by atoms with E-state index in [4.69, 9.17) is 11.6 Å². The van der Waals surface area contributed by atoms with Crippen LogP contribution in [0.5, 0.6) is 0 Å². The van der Waals surface area contributed by atoms with E-state index >= 15 is 0 Å². The number of nitrogens with one attached hydrogen (secondary N) is 1. The first-order valence-corrected chi connectivity index (χ1v) is 6.47. The molecule has 80 valence electrons. The Kier molecular flexibility index (Phi) is 3.39. The maximum Gasteiger partial charge on any atom is 0.162 e. The Morgan fingerprint density at radius 1 is 1.53 bits per heavy atom. The van der Waals surface area contributed by atoms with Gasteiger partial charge in [-0.3, -0.25) is 4.90 Å². The lowest BCUT2D eigenvalue weighted by Crippen LogP contribution is -3.08. The molecule has 15 heavy (non-hydrogen) atoms. The van der Waals surface area contributed by atoms with Crippen molar-refractivity contribution in [3.05, 3.63) is 35.4 Å². The number of fused-ring (bicyclic) bond motifs is 1. The first kappa shape index (κ1) is 11.1. The van der Waals surface area contributed by atoms with Gasteiger partial charge in [-0.05, 0) is 32.1 Å². The summed E-state index contributed by atoms with van der Waals surface area (Å²) in [5, 5.41) is 1.34. The van der Waals surface area contributed by atoms with Crippen molar-refractivity contribution in [1.29, 1.82) is 0 Å². The van der Waals surface area contributed by atoms with Gasteiger partial charge in [-0.2, -0.15) is 0 Å². The summed E-state index contributed by atoms with van der Waals surface area (Å²) in [5.41, 5.74) is 1.35. The van der Waals surface area contributed by atoms with E-state index in [0.29, 0.717) is 5.37 Å². The van der Waals surface area contributed by atoms with Crippen molar-refractivity contribution in [1.82, 2.24) is 0 Å². The largest absolute Gasteiger partial charge is 0.287 e. The number of hydrogen-bond acceptors (Lipinski definition) is 1. The number of benzene rings is 1. The van der Waals surface area contributed by atoms with Gasteiger partial charge in [0, 0.05) is 11.1 Å². The zero-order valence-corrected chi connectivity index (χ0v) is 10.5. The first-order valence-electron chi connectivity index (χ1n) is 5.21. The Balaban J connectivity index is 2.37. The lowest BCUT2D eigenvalue weighted by Gasteiger charge is -2.16. The number of rotatable bonds is 2. The number of quaternary nitrogens is 1. The van der Waals surface area contributed by atoms with Crippen LogP contribution in [-0.2, 0) is 0 Å². The number of hydrogen-bond donors (Lipinski definition) is 1. The predicted octanol–water partition coefficient (Wildman–Crippen LogP) is 2.88. The number of thioether (sulfide) groups is 1. The third-order valence-corrected chi connectivity index (χ3v) is 4.17. The van der Waals surface area contributed by atoms with Crippen LogP contribution in [0.15, 0.2) is 35.2 Å². The third-order valence-electron chi connectivity index (χ3n) is 2.63. The number of allylic oxidation sites excluding steroid dienone is 1. The zero-order chi connectivity index (χ0) is 10.8. The highest BCUT2D eigenvalue weighted by atomic mass is 35.5. The van der Waals surface area contributed by atoms with Crippen LogP contribution in [-0.4, -0.2) is 11.9 Å². The number of likely N-dealkylation sites (N-methyl/N-ethyl adjacent to an activating group) is 1.